The molecule has 2 aromatic rings. The maximum Gasteiger partial charge on any atom is 0.251 e. The number of carbonyl (C=O) groups is 3. The van der Waals surface area contributed by atoms with E-state index < -0.39 is 6.04 Å². The van der Waals surface area contributed by atoms with Gasteiger partial charge in [-0.2, -0.15) is 0 Å². The van der Waals surface area contributed by atoms with Crippen molar-refractivity contribution in [3.63, 3.8) is 0 Å². The zero-order chi connectivity index (χ0) is 22.5. The number of rotatable bonds is 7. The van der Waals surface area contributed by atoms with Crippen LogP contribution < -0.4 is 15.0 Å². The van der Waals surface area contributed by atoms with Crippen molar-refractivity contribution in [3.8, 4) is 5.75 Å². The molecule has 0 saturated carbocycles. The quantitative estimate of drug-likeness (QED) is 0.669. The van der Waals surface area contributed by atoms with Crippen molar-refractivity contribution < 1.29 is 19.1 Å². The van der Waals surface area contributed by atoms with E-state index in [1.54, 1.807) is 18.2 Å². The molecular formula is C24H28N4O4. The van der Waals surface area contributed by atoms with Crippen molar-refractivity contribution in [2.24, 2.45) is 0 Å². The van der Waals surface area contributed by atoms with Gasteiger partial charge >= 0.3 is 0 Å². The Hall–Kier alpha value is -3.23. The molecule has 1 N–H and O–H groups in total. The fourth-order valence-electron chi connectivity index (χ4n) is 4.21. The molecule has 0 radical (unpaired) electrons. The molecule has 2 aliphatic rings. The lowest BCUT2D eigenvalue weighted by Gasteiger charge is -2.36. The average Bonchev–Trinajstić information content (AvgIpc) is 3.09. The first-order chi connectivity index (χ1) is 15.5. The molecular weight excluding hydrogens is 408 g/mol. The van der Waals surface area contributed by atoms with Crippen LogP contribution >= 0.6 is 0 Å². The van der Waals surface area contributed by atoms with E-state index in [0.29, 0.717) is 50.8 Å². The van der Waals surface area contributed by atoms with Gasteiger partial charge in [-0.3, -0.25) is 24.2 Å². The van der Waals surface area contributed by atoms with Gasteiger partial charge in [-0.15, -0.1) is 0 Å². The lowest BCUT2D eigenvalue weighted by molar-refractivity contribution is -0.124. The van der Waals surface area contributed by atoms with Gasteiger partial charge in [0.05, 0.1) is 31.3 Å². The number of amides is 3. The molecule has 0 aliphatic carbocycles. The van der Waals surface area contributed by atoms with E-state index >= 15 is 0 Å². The number of piperazine rings is 1. The molecule has 1 atom stereocenters. The number of carbonyl (C=O) groups excluding carboxylic acids is 3. The highest BCUT2D eigenvalue weighted by atomic mass is 16.5. The van der Waals surface area contributed by atoms with Crippen LogP contribution in [0.4, 0.5) is 11.4 Å². The molecule has 168 valence electrons. The Labute approximate surface area is 187 Å². The molecule has 4 rings (SSSR count). The molecule has 32 heavy (non-hydrogen) atoms. The molecule has 3 amide bonds. The first-order valence-electron chi connectivity index (χ1n) is 11.0. The Kier molecular flexibility index (Phi) is 6.82. The van der Waals surface area contributed by atoms with E-state index in [2.05, 4.69) is 15.1 Å². The summed E-state index contributed by atoms with van der Waals surface area (Å²) in [5.74, 6) is 0.186. The first kappa shape index (κ1) is 22.0. The van der Waals surface area contributed by atoms with Crippen LogP contribution in [0.25, 0.3) is 0 Å². The molecule has 2 heterocycles. The third-order valence-electron chi connectivity index (χ3n) is 5.78. The van der Waals surface area contributed by atoms with Gasteiger partial charge < -0.3 is 10.1 Å². The highest BCUT2D eigenvalue weighted by Crippen LogP contribution is 2.29. The number of ether oxygens (including phenoxy) is 1. The second-order valence-corrected chi connectivity index (χ2v) is 7.94. The number of imide groups is 1. The molecule has 8 heteroatoms. The predicted octanol–water partition coefficient (Wildman–Crippen LogP) is 1.97. The minimum atomic E-state index is -0.460. The molecule has 2 aliphatic heterocycles. The summed E-state index contributed by atoms with van der Waals surface area (Å²) in [5, 5.41) is 2.90. The fourth-order valence-corrected chi connectivity index (χ4v) is 4.21. The van der Waals surface area contributed by atoms with Gasteiger partial charge in [0.1, 0.15) is 5.75 Å². The number of nitrogens with zero attached hydrogens (tertiary/aromatic N) is 3. The van der Waals surface area contributed by atoms with Crippen LogP contribution in [0.2, 0.25) is 0 Å². The Morgan fingerprint density at radius 3 is 2.50 bits per heavy atom. The lowest BCUT2D eigenvalue weighted by atomic mass is 10.1. The average molecular weight is 437 g/mol. The van der Waals surface area contributed by atoms with E-state index in [0.717, 1.165) is 5.69 Å². The first-order valence-corrected chi connectivity index (χ1v) is 11.0. The van der Waals surface area contributed by atoms with Gasteiger partial charge in [0, 0.05) is 37.9 Å². The van der Waals surface area contributed by atoms with Gasteiger partial charge in [-0.25, -0.2) is 4.90 Å². The Morgan fingerprint density at radius 1 is 1.03 bits per heavy atom. The minimum Gasteiger partial charge on any atom is -0.494 e. The summed E-state index contributed by atoms with van der Waals surface area (Å²) in [6, 6.07) is 16.0. The summed E-state index contributed by atoms with van der Waals surface area (Å²) in [5.41, 5.74) is 1.32. The molecule has 0 unspecified atom stereocenters. The van der Waals surface area contributed by atoms with Crippen molar-refractivity contribution in [1.82, 2.24) is 9.80 Å². The van der Waals surface area contributed by atoms with Gasteiger partial charge in [-0.1, -0.05) is 24.3 Å². The topological polar surface area (TPSA) is 82.2 Å². The molecule has 8 nitrogen and oxygen atoms in total. The SMILES string of the molecule is CCOc1cccc(N2C(=O)C[C@H](N3CCN(CC(=O)Nc4ccccc4)CC3)C2=O)c1. The van der Waals surface area contributed by atoms with Crippen molar-refractivity contribution in [2.75, 3.05) is 49.5 Å². The second kappa shape index (κ2) is 9.93. The smallest absolute Gasteiger partial charge is 0.251 e. The summed E-state index contributed by atoms with van der Waals surface area (Å²) in [4.78, 5) is 43.5. The predicted molar refractivity (Wildman–Crippen MR) is 122 cm³/mol. The van der Waals surface area contributed by atoms with Crippen LogP contribution in [0.3, 0.4) is 0 Å². The van der Waals surface area contributed by atoms with Crippen LogP contribution in [0.5, 0.6) is 5.75 Å². The molecule has 0 aromatic heterocycles. The summed E-state index contributed by atoms with van der Waals surface area (Å²) < 4.78 is 5.50. The zero-order valence-electron chi connectivity index (χ0n) is 18.2. The maximum atomic E-state index is 13.1. The Balaban J connectivity index is 1.32. The molecule has 0 bridgehead atoms. The Morgan fingerprint density at radius 2 is 1.78 bits per heavy atom. The third kappa shape index (κ3) is 4.98. The minimum absolute atomic E-state index is 0.0582. The second-order valence-electron chi connectivity index (χ2n) is 7.94. The van der Waals surface area contributed by atoms with Crippen LogP contribution in [-0.4, -0.2) is 72.9 Å². The summed E-state index contributed by atoms with van der Waals surface area (Å²) >= 11 is 0. The highest BCUT2D eigenvalue weighted by molar-refractivity contribution is 6.22. The van der Waals surface area contributed by atoms with Gasteiger partial charge in [0.2, 0.25) is 11.8 Å². The number of hydrogen-bond donors (Lipinski definition) is 1. The van der Waals surface area contributed by atoms with Crippen molar-refractivity contribution in [2.45, 2.75) is 19.4 Å². The highest BCUT2D eigenvalue weighted by Gasteiger charge is 2.43. The normalized spacial score (nSPS) is 19.9. The number of para-hydroxylation sites is 1. The molecule has 2 fully saturated rings. The van der Waals surface area contributed by atoms with Crippen LogP contribution in [-0.2, 0) is 14.4 Å². The van der Waals surface area contributed by atoms with Crippen LogP contribution in [0.15, 0.2) is 54.6 Å². The maximum absolute atomic E-state index is 13.1. The van der Waals surface area contributed by atoms with Gasteiger partial charge in [-0.05, 0) is 31.2 Å². The molecule has 0 spiro atoms. The van der Waals surface area contributed by atoms with Crippen molar-refractivity contribution in [3.05, 3.63) is 54.6 Å². The van der Waals surface area contributed by atoms with Crippen molar-refractivity contribution in [1.29, 1.82) is 0 Å². The van der Waals surface area contributed by atoms with E-state index in [1.165, 1.54) is 4.90 Å². The monoisotopic (exact) mass is 436 g/mol. The number of benzene rings is 2. The summed E-state index contributed by atoms with van der Waals surface area (Å²) in [7, 11) is 0. The molecule has 2 saturated heterocycles. The van der Waals surface area contributed by atoms with E-state index in [1.807, 2.05) is 43.3 Å². The van der Waals surface area contributed by atoms with Crippen molar-refractivity contribution >= 4 is 29.1 Å². The Bertz CT molecular complexity index is 973. The van der Waals surface area contributed by atoms with E-state index in [9.17, 15) is 14.4 Å². The van der Waals surface area contributed by atoms with Gasteiger partial charge in [0.25, 0.3) is 5.91 Å². The number of nitrogens with one attached hydrogen (secondary N) is 1. The van der Waals surface area contributed by atoms with Gasteiger partial charge in [0.15, 0.2) is 0 Å². The van der Waals surface area contributed by atoms with Crippen LogP contribution in [0.1, 0.15) is 13.3 Å². The van der Waals surface area contributed by atoms with Crippen LogP contribution in [0, 0.1) is 0 Å². The summed E-state index contributed by atoms with van der Waals surface area (Å²) in [6.45, 7) is 5.31. The lowest BCUT2D eigenvalue weighted by Crippen LogP contribution is -2.53. The zero-order valence-corrected chi connectivity index (χ0v) is 18.2. The van der Waals surface area contributed by atoms with E-state index in [4.69, 9.17) is 4.74 Å². The van der Waals surface area contributed by atoms with E-state index in [-0.39, 0.29) is 24.1 Å². The summed E-state index contributed by atoms with van der Waals surface area (Å²) in [6.07, 6.45) is 0.173. The number of anilines is 2. The standard InChI is InChI=1S/C24H28N4O4/c1-2-32-20-10-6-9-19(15-20)28-23(30)16-21(24(28)31)27-13-11-26(12-14-27)17-22(29)25-18-7-4-3-5-8-18/h3-10,15,21H,2,11-14,16-17H2,1H3,(H,25,29)/t21-/m0/s1. The third-order valence-corrected chi connectivity index (χ3v) is 5.78. The molecule has 2 aromatic carbocycles. The number of hydrogen-bond acceptors (Lipinski definition) is 6. The fraction of sp³-hybridized carbons (Fsp3) is 0.375. The largest absolute Gasteiger partial charge is 0.494 e.